The Balaban J connectivity index is 1.34. The number of fused-ring (bicyclic) bond motifs is 1. The number of piperidine rings is 1. The van der Waals surface area contributed by atoms with Gasteiger partial charge in [0.2, 0.25) is 5.91 Å². The second-order valence-electron chi connectivity index (χ2n) is 11.6. The van der Waals surface area contributed by atoms with E-state index in [1.165, 1.54) is 10.5 Å². The normalized spacial score (nSPS) is 15.6. The summed E-state index contributed by atoms with van der Waals surface area (Å²) < 4.78 is 0. The van der Waals surface area contributed by atoms with Gasteiger partial charge < -0.3 is 15.5 Å². The molecule has 1 fully saturated rings. The van der Waals surface area contributed by atoms with Crippen LogP contribution in [0.25, 0.3) is 10.8 Å². The van der Waals surface area contributed by atoms with Crippen LogP contribution in [-0.2, 0) is 4.79 Å². The lowest BCUT2D eigenvalue weighted by Crippen LogP contribution is -2.42. The first-order valence-electron chi connectivity index (χ1n) is 15.0. The topological polar surface area (TPSA) is 66.6 Å². The van der Waals surface area contributed by atoms with E-state index >= 15 is 0 Å². The van der Waals surface area contributed by atoms with Crippen molar-refractivity contribution in [3.8, 4) is 0 Å². The second kappa shape index (κ2) is 14.7. The quantitative estimate of drug-likeness (QED) is 0.169. The summed E-state index contributed by atoms with van der Waals surface area (Å²) in [5.74, 6) is 3.99. The highest BCUT2D eigenvalue weighted by atomic mass is 35.5. The van der Waals surface area contributed by atoms with Gasteiger partial charge in [0.1, 0.15) is 0 Å². The minimum atomic E-state index is -0.550. The number of likely N-dealkylation sites (tertiary alicyclic amines) is 1. The van der Waals surface area contributed by atoms with Gasteiger partial charge in [-0.05, 0) is 97.2 Å². The van der Waals surface area contributed by atoms with Gasteiger partial charge in [-0.25, -0.2) is 0 Å². The third-order valence-electron chi connectivity index (χ3n) is 8.63. The van der Waals surface area contributed by atoms with Crippen LogP contribution in [0, 0.1) is 0 Å². The van der Waals surface area contributed by atoms with Crippen molar-refractivity contribution in [2.45, 2.75) is 36.0 Å². The van der Waals surface area contributed by atoms with Gasteiger partial charge in [0.15, 0.2) is 0 Å². The molecule has 8 heteroatoms. The molecule has 1 saturated heterocycles. The second-order valence-corrected chi connectivity index (χ2v) is 14.2. The van der Waals surface area contributed by atoms with Gasteiger partial charge in [0.25, 0.3) is 5.91 Å². The lowest BCUT2D eigenvalue weighted by Gasteiger charge is -2.34. The van der Waals surface area contributed by atoms with Crippen LogP contribution in [0.4, 0.5) is 0 Å². The molecule has 1 aliphatic heterocycles. The van der Waals surface area contributed by atoms with Crippen LogP contribution in [0.5, 0.6) is 0 Å². The molecule has 0 saturated carbocycles. The maximum atomic E-state index is 14.0. The van der Waals surface area contributed by atoms with Gasteiger partial charge in [-0.2, -0.15) is 10.5 Å². The number of nitrogens with two attached hydrogens (primary N) is 1. The molecule has 230 valence electrons. The first kappa shape index (κ1) is 32.2. The fraction of sp³-hybridized carbons (Fsp3) is 0.306. The lowest BCUT2D eigenvalue weighted by molar-refractivity contribution is -0.118. The molecule has 5 rings (SSSR count). The molecule has 1 heterocycles. The van der Waals surface area contributed by atoms with Crippen molar-refractivity contribution < 1.29 is 9.59 Å². The van der Waals surface area contributed by atoms with Crippen molar-refractivity contribution >= 4 is 62.1 Å². The van der Waals surface area contributed by atoms with E-state index in [-0.39, 0.29) is 28.9 Å². The maximum Gasteiger partial charge on any atom is 0.254 e. The molecule has 2 atom stereocenters. The third kappa shape index (κ3) is 7.73. The van der Waals surface area contributed by atoms with Crippen molar-refractivity contribution in [3.05, 3.63) is 112 Å². The SMILES string of the molecule is C=S(C)c1ccccc1C1CCN(CCC(CN(CC(N)=O)C(=O)c2cccc3ccccc23)c2ccc(Cl)c(Cl)c2)CC1. The number of rotatable bonds is 11. The Morgan fingerprint density at radius 2 is 1.68 bits per heavy atom. The summed E-state index contributed by atoms with van der Waals surface area (Å²) in [5.41, 5.74) is 8.65. The monoisotopic (exact) mass is 647 g/mol. The van der Waals surface area contributed by atoms with Crippen LogP contribution in [0.15, 0.2) is 89.8 Å². The van der Waals surface area contributed by atoms with E-state index in [1.807, 2.05) is 54.6 Å². The molecule has 4 aromatic rings. The summed E-state index contributed by atoms with van der Waals surface area (Å²) in [6.45, 7) is 3.02. The summed E-state index contributed by atoms with van der Waals surface area (Å²) in [7, 11) is -0.0205. The summed E-state index contributed by atoms with van der Waals surface area (Å²) >= 11 is 12.7. The Kier molecular flexibility index (Phi) is 10.8. The summed E-state index contributed by atoms with van der Waals surface area (Å²) in [6.07, 6.45) is 5.16. The van der Waals surface area contributed by atoms with Crippen molar-refractivity contribution in [1.82, 2.24) is 9.80 Å². The highest BCUT2D eigenvalue weighted by Gasteiger charge is 2.27. The molecule has 0 aromatic heterocycles. The molecular formula is C36H39Cl2N3O2S. The highest BCUT2D eigenvalue weighted by Crippen LogP contribution is 2.36. The zero-order valence-electron chi connectivity index (χ0n) is 25.1. The standard InChI is InChI=1S/C36H39Cl2N3O2S/c1-44(2)34-13-6-5-11-30(34)26-16-19-40(20-17-26)21-18-28(27-14-15-32(37)33(38)22-27)23-41(24-35(39)42)36(43)31-12-7-9-25-8-3-4-10-29(25)31/h3-15,22,26,28H,1,16-21,23-24H2,2H3,(H2,39,42). The average molecular weight is 649 g/mol. The lowest BCUT2D eigenvalue weighted by atomic mass is 9.88. The predicted octanol–water partition coefficient (Wildman–Crippen LogP) is 7.82. The van der Waals surface area contributed by atoms with Crippen molar-refractivity contribution in [2.75, 3.05) is 39.0 Å². The number of hydrogen-bond donors (Lipinski definition) is 1. The first-order valence-corrected chi connectivity index (χ1v) is 17.5. The summed E-state index contributed by atoms with van der Waals surface area (Å²) in [5, 5.41) is 2.76. The van der Waals surface area contributed by atoms with E-state index in [0.717, 1.165) is 55.2 Å². The van der Waals surface area contributed by atoms with Crippen LogP contribution >= 0.6 is 33.7 Å². The molecule has 1 aliphatic rings. The van der Waals surface area contributed by atoms with Crippen LogP contribution in [-0.4, -0.2) is 66.5 Å². The predicted molar refractivity (Wildman–Crippen MR) is 187 cm³/mol. The van der Waals surface area contributed by atoms with E-state index < -0.39 is 5.91 Å². The molecule has 0 aliphatic carbocycles. The molecule has 44 heavy (non-hydrogen) atoms. The van der Waals surface area contributed by atoms with Crippen LogP contribution in [0.1, 0.15) is 52.6 Å². The first-order chi connectivity index (χ1) is 21.2. The number of nitrogens with zero attached hydrogens (tertiary/aromatic N) is 2. The number of carbonyl (C=O) groups is 2. The smallest absolute Gasteiger partial charge is 0.254 e. The summed E-state index contributed by atoms with van der Waals surface area (Å²) in [6, 6.07) is 27.8. The molecule has 0 spiro atoms. The Hall–Kier alpha value is -3.16. The number of hydrogen-bond acceptors (Lipinski definition) is 3. The van der Waals surface area contributed by atoms with E-state index in [1.54, 1.807) is 11.0 Å². The Morgan fingerprint density at radius 3 is 2.41 bits per heavy atom. The van der Waals surface area contributed by atoms with Crippen molar-refractivity contribution in [1.29, 1.82) is 0 Å². The van der Waals surface area contributed by atoms with E-state index in [2.05, 4.69) is 41.3 Å². The highest BCUT2D eigenvalue weighted by molar-refractivity contribution is 8.13. The number of carbonyl (C=O) groups excluding carboxylic acids is 2. The van der Waals surface area contributed by atoms with Crippen molar-refractivity contribution in [2.24, 2.45) is 5.73 Å². The molecular weight excluding hydrogens is 609 g/mol. The molecule has 4 aromatic carbocycles. The van der Waals surface area contributed by atoms with Gasteiger partial charge in [-0.15, -0.1) is 0 Å². The fourth-order valence-corrected chi connectivity index (χ4v) is 7.58. The van der Waals surface area contributed by atoms with Crippen LogP contribution in [0.2, 0.25) is 10.0 Å². The largest absolute Gasteiger partial charge is 0.368 e. The van der Waals surface area contributed by atoms with Gasteiger partial charge in [0.05, 0.1) is 16.6 Å². The Labute approximate surface area is 272 Å². The van der Waals surface area contributed by atoms with Crippen LogP contribution < -0.4 is 5.73 Å². The third-order valence-corrected chi connectivity index (χ3v) is 10.5. The number of benzene rings is 4. The molecule has 2 N–H and O–H groups in total. The zero-order chi connectivity index (χ0) is 31.2. The van der Waals surface area contributed by atoms with Gasteiger partial charge in [-0.3, -0.25) is 9.59 Å². The fourth-order valence-electron chi connectivity index (χ4n) is 6.33. The Morgan fingerprint density at radius 1 is 0.977 bits per heavy atom. The maximum absolute atomic E-state index is 14.0. The Bertz CT molecular complexity index is 1660. The zero-order valence-corrected chi connectivity index (χ0v) is 27.4. The minimum Gasteiger partial charge on any atom is -0.368 e. The number of halogens is 2. The molecule has 5 nitrogen and oxygen atoms in total. The van der Waals surface area contributed by atoms with Gasteiger partial charge in [-0.1, -0.05) is 89.7 Å². The van der Waals surface area contributed by atoms with Gasteiger partial charge >= 0.3 is 0 Å². The van der Waals surface area contributed by atoms with E-state index in [4.69, 9.17) is 28.9 Å². The number of primary amides is 1. The molecule has 0 radical (unpaired) electrons. The molecule has 2 amide bonds. The minimum absolute atomic E-state index is 0.0205. The van der Waals surface area contributed by atoms with Crippen LogP contribution in [0.3, 0.4) is 0 Å². The molecule has 2 unspecified atom stereocenters. The average Bonchev–Trinajstić information content (AvgIpc) is 3.03. The van der Waals surface area contributed by atoms with Gasteiger partial charge in [0, 0.05) is 22.9 Å². The van der Waals surface area contributed by atoms with E-state index in [0.29, 0.717) is 28.1 Å². The number of amides is 2. The summed E-state index contributed by atoms with van der Waals surface area (Å²) in [4.78, 5) is 31.7. The van der Waals surface area contributed by atoms with Crippen molar-refractivity contribution in [3.63, 3.8) is 0 Å². The molecule has 0 bridgehead atoms. The van der Waals surface area contributed by atoms with E-state index in [9.17, 15) is 9.59 Å².